The topological polar surface area (TPSA) is 104 Å². The van der Waals surface area contributed by atoms with E-state index in [4.69, 9.17) is 15.0 Å². The van der Waals surface area contributed by atoms with Crippen molar-refractivity contribution in [2.75, 3.05) is 50.5 Å². The molecule has 2 aromatic carbocycles. The van der Waals surface area contributed by atoms with Crippen LogP contribution in [0, 0.1) is 0 Å². The minimum absolute atomic E-state index is 0.151. The minimum Gasteiger partial charge on any atom is -0.340 e. The van der Waals surface area contributed by atoms with Crippen molar-refractivity contribution in [1.82, 2.24) is 34.7 Å². The molecule has 10 heteroatoms. The van der Waals surface area contributed by atoms with Gasteiger partial charge in [-0.15, -0.1) is 0 Å². The monoisotopic (exact) mass is 601 g/mol. The lowest BCUT2D eigenvalue weighted by molar-refractivity contribution is 0.255. The van der Waals surface area contributed by atoms with Gasteiger partial charge in [0.25, 0.3) is 5.56 Å². The lowest BCUT2D eigenvalue weighted by Gasteiger charge is -2.29. The van der Waals surface area contributed by atoms with E-state index in [0.717, 1.165) is 60.7 Å². The first-order valence-corrected chi connectivity index (χ1v) is 15.8. The summed E-state index contributed by atoms with van der Waals surface area (Å²) in [6.07, 6.45) is 8.58. The maximum atomic E-state index is 14.3. The van der Waals surface area contributed by atoms with Gasteiger partial charge in [-0.2, -0.15) is 4.98 Å². The normalized spacial score (nSPS) is 17.5. The number of benzene rings is 2. The predicted molar refractivity (Wildman–Crippen MR) is 179 cm³/mol. The van der Waals surface area contributed by atoms with E-state index in [9.17, 15) is 4.79 Å². The maximum Gasteiger partial charge on any atom is 0.276 e. The summed E-state index contributed by atoms with van der Waals surface area (Å²) in [5, 5.41) is 7.56. The van der Waals surface area contributed by atoms with Crippen molar-refractivity contribution < 1.29 is 0 Å². The number of nitrogens with zero attached hydrogens (tertiary/aromatic N) is 7. The predicted octanol–water partition coefficient (Wildman–Crippen LogP) is 5.03. The molecule has 230 valence electrons. The lowest BCUT2D eigenvalue weighted by Crippen LogP contribution is -2.29. The van der Waals surface area contributed by atoms with Gasteiger partial charge in [0.05, 0.1) is 17.9 Å². The first-order chi connectivity index (χ1) is 22.0. The molecule has 0 radical (unpaired) electrons. The van der Waals surface area contributed by atoms with E-state index in [2.05, 4.69) is 51.8 Å². The number of rotatable bonds is 8. The highest BCUT2D eigenvalue weighted by molar-refractivity contribution is 5.81. The van der Waals surface area contributed by atoms with Gasteiger partial charge < -0.3 is 20.4 Å². The Balaban J connectivity index is 1.25. The number of fused-ring (bicyclic) bond motifs is 1. The first kappa shape index (κ1) is 29.1. The fraction of sp³-hybridized carbons (Fsp3) is 0.343. The number of nitrogens with one attached hydrogen (secondary N) is 2. The Morgan fingerprint density at radius 3 is 2.49 bits per heavy atom. The summed E-state index contributed by atoms with van der Waals surface area (Å²) < 4.78 is 1.72. The molecule has 0 amide bonds. The Kier molecular flexibility index (Phi) is 8.23. The fourth-order valence-electron chi connectivity index (χ4n) is 6.57. The Bertz CT molecular complexity index is 1830. The van der Waals surface area contributed by atoms with Crippen LogP contribution in [0.3, 0.4) is 0 Å². The van der Waals surface area contributed by atoms with E-state index >= 15 is 0 Å². The number of pyridine rings is 1. The number of anilines is 4. The maximum absolute atomic E-state index is 14.3. The summed E-state index contributed by atoms with van der Waals surface area (Å²) in [5.74, 6) is 1.29. The second-order valence-electron chi connectivity index (χ2n) is 12.2. The molecule has 2 fully saturated rings. The van der Waals surface area contributed by atoms with E-state index in [-0.39, 0.29) is 18.0 Å². The zero-order chi connectivity index (χ0) is 30.8. The SMILES string of the molecule is CN1CCC(c2ccc(Nc3ncc4cc(N(C)c5ccccc5)c(=O)n(Cc5nccnc5C5CCNC5)c4n3)cc2)CC1. The van der Waals surface area contributed by atoms with Crippen LogP contribution in [0.5, 0.6) is 0 Å². The second-order valence-corrected chi connectivity index (χ2v) is 12.2. The van der Waals surface area contributed by atoms with Crippen molar-refractivity contribution in [1.29, 1.82) is 0 Å². The van der Waals surface area contributed by atoms with Gasteiger partial charge in [-0.3, -0.25) is 19.3 Å². The summed E-state index contributed by atoms with van der Waals surface area (Å²) >= 11 is 0. The van der Waals surface area contributed by atoms with E-state index in [1.54, 1.807) is 23.2 Å². The molecule has 10 nitrogen and oxygen atoms in total. The average molecular weight is 602 g/mol. The van der Waals surface area contributed by atoms with Gasteiger partial charge in [-0.05, 0) is 87.8 Å². The smallest absolute Gasteiger partial charge is 0.276 e. The number of hydrogen-bond donors (Lipinski definition) is 2. The number of hydrogen-bond acceptors (Lipinski definition) is 9. The Hall–Kier alpha value is -4.67. The molecule has 0 spiro atoms. The Morgan fingerprint density at radius 1 is 0.956 bits per heavy atom. The van der Waals surface area contributed by atoms with Crippen molar-refractivity contribution in [3.8, 4) is 0 Å². The lowest BCUT2D eigenvalue weighted by atomic mass is 9.89. The zero-order valence-corrected chi connectivity index (χ0v) is 25.9. The molecule has 3 aromatic heterocycles. The first-order valence-electron chi connectivity index (χ1n) is 15.8. The molecule has 5 aromatic rings. The third-order valence-electron chi connectivity index (χ3n) is 9.23. The van der Waals surface area contributed by atoms with Gasteiger partial charge in [0.1, 0.15) is 11.3 Å². The Labute approximate surface area is 263 Å². The third kappa shape index (κ3) is 6.16. The van der Waals surface area contributed by atoms with Crippen LogP contribution in [0.25, 0.3) is 11.0 Å². The molecule has 0 saturated carbocycles. The van der Waals surface area contributed by atoms with Crippen LogP contribution < -0.4 is 21.1 Å². The number of aromatic nitrogens is 5. The van der Waals surface area contributed by atoms with Crippen molar-refractivity contribution in [2.45, 2.75) is 37.6 Å². The van der Waals surface area contributed by atoms with Gasteiger partial charge in [0, 0.05) is 54.9 Å². The fourth-order valence-corrected chi connectivity index (χ4v) is 6.57. The molecule has 7 rings (SSSR count). The van der Waals surface area contributed by atoms with Crippen molar-refractivity contribution in [2.24, 2.45) is 0 Å². The van der Waals surface area contributed by atoms with E-state index in [1.807, 2.05) is 48.3 Å². The van der Waals surface area contributed by atoms with E-state index < -0.39 is 0 Å². The van der Waals surface area contributed by atoms with Crippen LogP contribution in [0.4, 0.5) is 23.0 Å². The highest BCUT2D eigenvalue weighted by Crippen LogP contribution is 2.30. The van der Waals surface area contributed by atoms with Gasteiger partial charge >= 0.3 is 0 Å². The van der Waals surface area contributed by atoms with Crippen LogP contribution in [0.15, 0.2) is 84.0 Å². The third-order valence-corrected chi connectivity index (χ3v) is 9.23. The molecule has 2 aliphatic heterocycles. The molecule has 0 aliphatic carbocycles. The quantitative estimate of drug-likeness (QED) is 0.254. The molecule has 5 heterocycles. The largest absolute Gasteiger partial charge is 0.340 e. The van der Waals surface area contributed by atoms with Gasteiger partial charge in [0.2, 0.25) is 5.95 Å². The number of piperidine rings is 1. The Morgan fingerprint density at radius 2 is 1.73 bits per heavy atom. The zero-order valence-electron chi connectivity index (χ0n) is 25.9. The summed E-state index contributed by atoms with van der Waals surface area (Å²) in [7, 11) is 4.10. The van der Waals surface area contributed by atoms with Crippen LogP contribution >= 0.6 is 0 Å². The van der Waals surface area contributed by atoms with E-state index in [1.165, 1.54) is 18.4 Å². The number of para-hydroxylation sites is 1. The van der Waals surface area contributed by atoms with Crippen LogP contribution in [0.2, 0.25) is 0 Å². The van der Waals surface area contributed by atoms with Gasteiger partial charge in [-0.25, -0.2) is 4.98 Å². The van der Waals surface area contributed by atoms with Crippen molar-refractivity contribution in [3.05, 3.63) is 107 Å². The van der Waals surface area contributed by atoms with Crippen molar-refractivity contribution >= 4 is 34.0 Å². The second kappa shape index (κ2) is 12.7. The molecule has 1 atom stereocenters. The molecular formula is C35H39N9O. The van der Waals surface area contributed by atoms with Crippen LogP contribution in [0.1, 0.15) is 48.0 Å². The molecule has 2 N–H and O–H groups in total. The molecule has 1 unspecified atom stereocenters. The summed E-state index contributed by atoms with van der Waals surface area (Å²) in [6.45, 7) is 4.32. The highest BCUT2D eigenvalue weighted by atomic mass is 16.1. The van der Waals surface area contributed by atoms with Crippen molar-refractivity contribution in [3.63, 3.8) is 0 Å². The van der Waals surface area contributed by atoms with Crippen LogP contribution in [-0.4, -0.2) is 69.7 Å². The summed E-state index contributed by atoms with van der Waals surface area (Å²) in [5.41, 5.74) is 5.85. The molecule has 2 aliphatic rings. The van der Waals surface area contributed by atoms with Gasteiger partial charge in [0.15, 0.2) is 0 Å². The van der Waals surface area contributed by atoms with E-state index in [0.29, 0.717) is 23.2 Å². The highest BCUT2D eigenvalue weighted by Gasteiger charge is 2.24. The average Bonchev–Trinajstić information content (AvgIpc) is 3.62. The summed E-state index contributed by atoms with van der Waals surface area (Å²) in [4.78, 5) is 37.6. The van der Waals surface area contributed by atoms with Gasteiger partial charge in [-0.1, -0.05) is 30.3 Å². The summed E-state index contributed by atoms with van der Waals surface area (Å²) in [6, 6.07) is 20.3. The molecule has 2 saturated heterocycles. The molecule has 45 heavy (non-hydrogen) atoms. The minimum atomic E-state index is -0.151. The number of likely N-dealkylation sites (tertiary alicyclic amines) is 1. The molecular weight excluding hydrogens is 562 g/mol. The van der Waals surface area contributed by atoms with Crippen LogP contribution in [-0.2, 0) is 6.54 Å². The standard InChI is InChI=1S/C35H39N9O/c1-42-18-13-25(14-19-42)24-8-10-28(11-9-24)40-35-39-22-27-20-31(43(2)29-6-4-3-5-7-29)34(45)44(33(27)41-35)23-30-32(38-17-16-37-30)26-12-15-36-21-26/h3-11,16-17,20,22,25-26,36H,12-15,18-19,21,23H2,1-2H3,(H,39,40,41). The molecule has 0 bridgehead atoms.